The summed E-state index contributed by atoms with van der Waals surface area (Å²) in [6.45, 7) is 0. The lowest BCUT2D eigenvalue weighted by molar-refractivity contribution is 0.667. The molecule has 0 heterocycles. The highest BCUT2D eigenvalue weighted by molar-refractivity contribution is 5.05. The zero-order chi connectivity index (χ0) is 8.10. The van der Waals surface area contributed by atoms with Crippen molar-refractivity contribution in [2.24, 2.45) is 11.8 Å². The molecule has 0 spiro atoms. The predicted molar refractivity (Wildman–Crippen MR) is 42.1 cm³/mol. The predicted octanol–water partition coefficient (Wildman–Crippen LogP) is 2.06. The van der Waals surface area contributed by atoms with Crippen molar-refractivity contribution in [3.63, 3.8) is 0 Å². The molecule has 1 aliphatic rings. The fourth-order valence-corrected chi connectivity index (χ4v) is 1.37. The van der Waals surface area contributed by atoms with Crippen LogP contribution in [0, 0.1) is 34.4 Å². The van der Waals surface area contributed by atoms with Crippen LogP contribution in [0.3, 0.4) is 0 Å². The molecule has 0 aromatic carbocycles. The standard InChI is InChI=1S/C7H8N2O2/c10-8-4-6-1-2-7(3-6)5-9-11/h6-7H,1-3H2. The summed E-state index contributed by atoms with van der Waals surface area (Å²) in [5, 5.41) is 24.7. The van der Waals surface area contributed by atoms with E-state index in [-0.39, 0.29) is 11.8 Å². The van der Waals surface area contributed by atoms with Crippen LogP contribution in [0.1, 0.15) is 19.3 Å². The number of hydrogen-bond donors (Lipinski definition) is 0. The quantitative estimate of drug-likeness (QED) is 0.499. The van der Waals surface area contributed by atoms with Gasteiger partial charge in [-0.25, -0.2) is 0 Å². The first kappa shape index (κ1) is 7.68. The number of rotatable bonds is 0. The van der Waals surface area contributed by atoms with E-state index in [4.69, 9.17) is 0 Å². The van der Waals surface area contributed by atoms with Crippen molar-refractivity contribution < 1.29 is 0 Å². The Morgan fingerprint density at radius 2 is 1.45 bits per heavy atom. The lowest BCUT2D eigenvalue weighted by Crippen LogP contribution is -1.90. The molecule has 4 nitrogen and oxygen atoms in total. The van der Waals surface area contributed by atoms with Gasteiger partial charge in [-0.05, 0) is 19.3 Å². The molecule has 0 aromatic heterocycles. The largest absolute Gasteiger partial charge is 0.498 e. The van der Waals surface area contributed by atoms with Gasteiger partial charge in [-0.1, -0.05) is 0 Å². The summed E-state index contributed by atoms with van der Waals surface area (Å²) in [5.74, 6) is 0.207. The molecule has 0 amide bonds. The molecular formula is C7H8N2O2. The third-order valence-corrected chi connectivity index (χ3v) is 1.90. The maximum Gasteiger partial charge on any atom is 0.301 e. The Hall–Kier alpha value is -1.42. The minimum absolute atomic E-state index is 0.103. The Balaban J connectivity index is 2.42. The number of nitrogens with zero attached hydrogens (tertiary/aromatic N) is 2. The van der Waals surface area contributed by atoms with Crippen molar-refractivity contribution in [3.8, 4) is 12.1 Å². The smallest absolute Gasteiger partial charge is 0.301 e. The normalized spacial score (nSPS) is 28.0. The van der Waals surface area contributed by atoms with Crippen LogP contribution in [0.4, 0.5) is 0 Å². The van der Waals surface area contributed by atoms with Crippen LogP contribution in [0.25, 0.3) is 10.0 Å². The van der Waals surface area contributed by atoms with E-state index in [1.54, 1.807) is 0 Å². The van der Waals surface area contributed by atoms with Crippen LogP contribution < -0.4 is 0 Å². The lowest BCUT2D eigenvalue weighted by atomic mass is 10.1. The molecule has 0 N–H and O–H groups in total. The van der Waals surface area contributed by atoms with E-state index >= 15 is 0 Å². The fourth-order valence-electron chi connectivity index (χ4n) is 1.37. The topological polar surface area (TPSA) is 54.8 Å². The maximum atomic E-state index is 9.76. The van der Waals surface area contributed by atoms with Gasteiger partial charge in [0.25, 0.3) is 0 Å². The minimum Gasteiger partial charge on any atom is -0.498 e. The van der Waals surface area contributed by atoms with Crippen LogP contribution in [0.2, 0.25) is 0 Å². The van der Waals surface area contributed by atoms with Gasteiger partial charge in [0.05, 0.1) is 11.8 Å². The lowest BCUT2D eigenvalue weighted by Gasteiger charge is -1.87. The van der Waals surface area contributed by atoms with Crippen LogP contribution in [0.15, 0.2) is 0 Å². The van der Waals surface area contributed by atoms with Crippen LogP contribution in [-0.4, -0.2) is 0 Å². The Morgan fingerprint density at radius 3 is 1.82 bits per heavy atom. The molecule has 1 aliphatic carbocycles. The highest BCUT2D eigenvalue weighted by atomic mass is 16.4. The van der Waals surface area contributed by atoms with Gasteiger partial charge in [0.15, 0.2) is 0 Å². The van der Waals surface area contributed by atoms with E-state index in [2.05, 4.69) is 22.2 Å². The molecular weight excluding hydrogens is 144 g/mol. The molecule has 11 heavy (non-hydrogen) atoms. The second-order valence-corrected chi connectivity index (χ2v) is 2.65. The minimum atomic E-state index is 0.103. The summed E-state index contributed by atoms with van der Waals surface area (Å²) in [7, 11) is 0. The SMILES string of the molecule is [O-][N+]#CC1CCC(C#[N+][O-])C1. The van der Waals surface area contributed by atoms with Gasteiger partial charge in [0.2, 0.25) is 0 Å². The van der Waals surface area contributed by atoms with E-state index in [1.807, 2.05) is 0 Å². The van der Waals surface area contributed by atoms with Gasteiger partial charge >= 0.3 is 12.1 Å². The van der Waals surface area contributed by atoms with E-state index in [0.29, 0.717) is 0 Å². The molecule has 2 atom stereocenters. The van der Waals surface area contributed by atoms with Gasteiger partial charge in [-0.2, -0.15) is 0 Å². The maximum absolute atomic E-state index is 9.76. The molecule has 0 aromatic rings. The first-order valence-electron chi connectivity index (χ1n) is 3.52. The second-order valence-electron chi connectivity index (χ2n) is 2.65. The summed E-state index contributed by atoms with van der Waals surface area (Å²) < 4.78 is 0. The summed E-state index contributed by atoms with van der Waals surface area (Å²) in [4.78, 5) is 0. The van der Waals surface area contributed by atoms with E-state index in [1.165, 1.54) is 0 Å². The zero-order valence-corrected chi connectivity index (χ0v) is 5.99. The summed E-state index contributed by atoms with van der Waals surface area (Å²) in [5.41, 5.74) is 0. The monoisotopic (exact) mass is 152 g/mol. The van der Waals surface area contributed by atoms with E-state index in [0.717, 1.165) is 19.3 Å². The van der Waals surface area contributed by atoms with Gasteiger partial charge in [-0.15, -0.1) is 0 Å². The average molecular weight is 152 g/mol. The zero-order valence-electron chi connectivity index (χ0n) is 5.99. The van der Waals surface area contributed by atoms with Crippen molar-refractivity contribution in [3.05, 3.63) is 20.4 Å². The van der Waals surface area contributed by atoms with Gasteiger partial charge in [0.1, 0.15) is 0 Å². The molecule has 1 saturated carbocycles. The molecule has 2 unspecified atom stereocenters. The van der Waals surface area contributed by atoms with Gasteiger partial charge < -0.3 is 10.4 Å². The van der Waals surface area contributed by atoms with Crippen molar-refractivity contribution in [2.75, 3.05) is 0 Å². The van der Waals surface area contributed by atoms with Crippen LogP contribution >= 0.6 is 0 Å². The highest BCUT2D eigenvalue weighted by Gasteiger charge is 2.29. The second kappa shape index (κ2) is 3.68. The summed E-state index contributed by atoms with van der Waals surface area (Å²) >= 11 is 0. The van der Waals surface area contributed by atoms with E-state index in [9.17, 15) is 10.4 Å². The van der Waals surface area contributed by atoms with Gasteiger partial charge in [0, 0.05) is 10.0 Å². The van der Waals surface area contributed by atoms with Crippen LogP contribution in [0.5, 0.6) is 0 Å². The van der Waals surface area contributed by atoms with Crippen molar-refractivity contribution in [2.45, 2.75) is 19.3 Å². The highest BCUT2D eigenvalue weighted by Crippen LogP contribution is 2.29. The average Bonchev–Trinajstić information content (AvgIpc) is 2.38. The Kier molecular flexibility index (Phi) is 2.57. The molecule has 1 fully saturated rings. The Bertz CT molecular complexity index is 217. The Morgan fingerprint density at radius 1 is 1.00 bits per heavy atom. The summed E-state index contributed by atoms with van der Waals surface area (Å²) in [6, 6.07) is 4.84. The first-order valence-corrected chi connectivity index (χ1v) is 3.52. The van der Waals surface area contributed by atoms with Crippen molar-refractivity contribution in [1.29, 1.82) is 0 Å². The molecule has 0 radical (unpaired) electrons. The van der Waals surface area contributed by atoms with Crippen molar-refractivity contribution in [1.82, 2.24) is 0 Å². The molecule has 4 heteroatoms. The molecule has 58 valence electrons. The molecule has 0 bridgehead atoms. The first-order chi connectivity index (χ1) is 5.36. The number of hydrogen-bond acceptors (Lipinski definition) is 2. The van der Waals surface area contributed by atoms with Crippen LogP contribution in [-0.2, 0) is 0 Å². The molecule has 0 aliphatic heterocycles. The molecule has 0 saturated heterocycles. The van der Waals surface area contributed by atoms with Gasteiger partial charge in [-0.3, -0.25) is 0 Å². The van der Waals surface area contributed by atoms with Crippen molar-refractivity contribution >= 4 is 0 Å². The fraction of sp³-hybridized carbons (Fsp3) is 0.714. The third-order valence-electron chi connectivity index (χ3n) is 1.90. The summed E-state index contributed by atoms with van der Waals surface area (Å²) in [6.07, 6.45) is 2.45. The Labute approximate surface area is 64.6 Å². The molecule has 1 rings (SSSR count). The van der Waals surface area contributed by atoms with E-state index < -0.39 is 0 Å². The third kappa shape index (κ3) is 2.01.